The number of azide groups is 2. The van der Waals surface area contributed by atoms with E-state index in [0.29, 0.717) is 0 Å². The highest BCUT2D eigenvalue weighted by molar-refractivity contribution is 8.14. The van der Waals surface area contributed by atoms with Crippen LogP contribution in [-0.2, 0) is 83.4 Å². The van der Waals surface area contributed by atoms with Gasteiger partial charge in [0.15, 0.2) is 25.6 Å². The molecule has 99 heavy (non-hydrogen) atoms. The lowest BCUT2D eigenvalue weighted by molar-refractivity contribution is -0.203. The summed E-state index contributed by atoms with van der Waals surface area (Å²) in [6.07, 6.45) is -1.81. The molecule has 0 aromatic carbocycles. The summed E-state index contributed by atoms with van der Waals surface area (Å²) in [7, 11) is -19.1. The van der Waals surface area contributed by atoms with Crippen molar-refractivity contribution < 1.29 is 88.3 Å². The van der Waals surface area contributed by atoms with Crippen LogP contribution in [0.5, 0.6) is 0 Å². The second kappa shape index (κ2) is 39.0. The van der Waals surface area contributed by atoms with Crippen LogP contribution in [-0.4, -0.2) is 144 Å². The van der Waals surface area contributed by atoms with E-state index < -0.39 is 131 Å². The van der Waals surface area contributed by atoms with Gasteiger partial charge in [0.1, 0.15) is 12.5 Å². The van der Waals surface area contributed by atoms with Crippen molar-refractivity contribution in [1.29, 1.82) is 0 Å². The Morgan fingerprint density at radius 3 is 1.04 bits per heavy atom. The first-order valence-corrected chi connectivity index (χ1v) is 41.7. The molecule has 2 aliphatic heterocycles. The zero-order chi connectivity index (χ0) is 75.3. The number of ether oxygens (including phenoxy) is 2. The lowest BCUT2D eigenvalue weighted by Crippen LogP contribution is -2.33. The molecule has 0 amide bonds. The maximum atomic E-state index is 14.4. The lowest BCUT2D eigenvalue weighted by atomic mass is 9.99. The molecule has 2 aromatic heterocycles. The number of nitrogens with zero attached hydrogens (tertiary/aromatic N) is 8. The highest BCUT2D eigenvalue weighted by Crippen LogP contribution is 2.59. The van der Waals surface area contributed by atoms with Gasteiger partial charge in [0, 0.05) is 102 Å². The average molecular weight is 1570 g/mol. The molecule has 2 unspecified atom stereocenters. The van der Waals surface area contributed by atoms with Gasteiger partial charge in [-0.1, -0.05) is 173 Å². The fourth-order valence-corrected chi connectivity index (χ4v) is 18.7. The number of rotatable bonds is 34. The molecule has 0 bridgehead atoms. The van der Waals surface area contributed by atoms with Gasteiger partial charge in [-0.25, -0.2) is 23.3 Å². The van der Waals surface area contributed by atoms with Crippen molar-refractivity contribution in [1.82, 2.24) is 28.8 Å². The number of aryl methyl sites for hydroxylation is 2. The molecular formula is C55H91N12O23P4S5-. The molecule has 35 nitrogen and oxygen atoms in total. The first-order valence-electron chi connectivity index (χ1n) is 30.6. The highest BCUT2D eigenvalue weighted by atomic mass is 32.2. The normalized spacial score (nSPS) is 19.8. The zero-order valence-electron chi connectivity index (χ0n) is 58.3. The number of hydrogen-bond acceptors (Lipinski definition) is 30. The highest BCUT2D eigenvalue weighted by Gasteiger charge is 2.44. The molecule has 0 aliphatic carbocycles. The van der Waals surface area contributed by atoms with Crippen LogP contribution in [0.15, 0.2) is 41.8 Å². The standard InChI is InChI=1S/C31H52N6O12P2S3.C24H40N6O11P2S2/c1-20-18-37(28(42)33-24(20)38)23-17-21(34-35-32)22(49-23)19-48-51(44,47-13-16-54-27(41)31(8,9)10)36-50(43,45-11-14-52-25(39)29(2,3)4)46-12-15-53-26(40)30(5,6)7;1-15-13-30(22(34)26-19(15)31)18-12-16(27-28-25)17(41-18)14-40-42(35,36)29-43(37,38-8-10-44-20(32)23(2,3)4)39-9-11-45-21(33)24(5,6)7/h18,21-23H,11-17,19H2,1-10H3,(H,33,38,42)(H,36,43,44);13,16-18H,8-12,14H2,1-7H3,(H,26,31,34)(H2,29,35,36,37)/p-1/t21-,22-,23-,51?;16-,17-,18-/m11/s1. The fourth-order valence-electron chi connectivity index (χ4n) is 7.55. The molecule has 2 aromatic rings. The lowest BCUT2D eigenvalue weighted by Gasteiger charge is -2.30. The van der Waals surface area contributed by atoms with E-state index in [-0.39, 0.29) is 111 Å². The Bertz CT molecular complexity index is 3630. The summed E-state index contributed by atoms with van der Waals surface area (Å²) in [6, 6.07) is -1.91. The third-order valence-corrected chi connectivity index (χ3v) is 26.7. The number of aromatic nitrogens is 4. The number of aromatic amines is 2. The summed E-state index contributed by atoms with van der Waals surface area (Å²) in [5.41, 5.74) is 12.7. The second-order valence-corrected chi connectivity index (χ2v) is 39.8. The number of carbonyl (C=O) groups excluding carboxylic acids is 5. The monoisotopic (exact) mass is 1570 g/mol. The van der Waals surface area contributed by atoms with E-state index in [1.807, 2.05) is 0 Å². The predicted octanol–water partition coefficient (Wildman–Crippen LogP) is 10.2. The first kappa shape index (κ1) is 89.7. The number of thioether (sulfide) groups is 5. The van der Waals surface area contributed by atoms with Crippen LogP contribution in [0.3, 0.4) is 0 Å². The quantitative estimate of drug-likeness (QED) is 0.0166. The van der Waals surface area contributed by atoms with Gasteiger partial charge in [-0.15, -0.1) is 4.86 Å². The van der Waals surface area contributed by atoms with Crippen LogP contribution in [0.25, 0.3) is 20.9 Å². The summed E-state index contributed by atoms with van der Waals surface area (Å²) in [4.78, 5) is 137. The van der Waals surface area contributed by atoms with Crippen molar-refractivity contribution in [2.75, 3.05) is 75.0 Å². The summed E-state index contributed by atoms with van der Waals surface area (Å²) >= 11 is 4.65. The van der Waals surface area contributed by atoms with Crippen LogP contribution in [0, 0.1) is 40.9 Å². The smallest absolute Gasteiger partial charge is 0.415 e. The average Bonchev–Trinajstić information content (AvgIpc) is 1.71. The largest absolute Gasteiger partial charge is 0.766 e. The van der Waals surface area contributed by atoms with Gasteiger partial charge in [-0.3, -0.25) is 84.4 Å². The molecule has 4 N–H and O–H groups in total. The Labute approximate surface area is 594 Å². The summed E-state index contributed by atoms with van der Waals surface area (Å²) in [5.74, 6) is 0.248. The number of carbonyl (C=O) groups is 5. The number of H-pyrrole nitrogens is 2. The van der Waals surface area contributed by atoms with Gasteiger partial charge < -0.3 is 18.9 Å². The third kappa shape index (κ3) is 31.4. The molecule has 2 aliphatic rings. The maximum Gasteiger partial charge on any atom is 0.415 e. The van der Waals surface area contributed by atoms with Gasteiger partial charge in [0.05, 0.1) is 70.5 Å². The fraction of sp³-hybridized carbons (Fsp3) is 0.764. The van der Waals surface area contributed by atoms with Gasteiger partial charge >= 0.3 is 34.6 Å². The van der Waals surface area contributed by atoms with Crippen LogP contribution in [0.1, 0.15) is 140 Å². The summed E-state index contributed by atoms with van der Waals surface area (Å²) in [5, 5.41) is 6.57. The van der Waals surface area contributed by atoms with Crippen molar-refractivity contribution in [2.24, 2.45) is 37.3 Å². The Balaban J connectivity index is 0.000000524. The Hall–Kier alpha value is -3.48. The Morgan fingerprint density at radius 2 is 0.768 bits per heavy atom. The molecule has 0 spiro atoms. The minimum atomic E-state index is -5.21. The molecule has 560 valence electrons. The SMILES string of the molecule is Cc1cn([C@H]2C[C@@H](N=[N+]=[N-])[C@@H](COP(=O)(NP(=O)(OCCSC(=O)C(C)(C)C)OCCSC(=O)C(C)(C)C)OCCSC(=O)C(C)(C)C)O2)c(=O)[nH]c1=O.Cc1cn([C@H]2C[C@@H](N=[N+]=[N-])[C@@H](COP(=O)([O-])NP(=O)(OCCSC(=O)C(C)(C)C)OCCSC(=O)C(C)(C)C)O2)c(=O)[nH]c1=O. The van der Waals surface area contributed by atoms with Crippen LogP contribution in [0.4, 0.5) is 0 Å². The first-order chi connectivity index (χ1) is 45.5. The van der Waals surface area contributed by atoms with E-state index in [4.69, 9.17) is 46.7 Å². The van der Waals surface area contributed by atoms with Gasteiger partial charge in [0.25, 0.3) is 11.1 Å². The van der Waals surface area contributed by atoms with Crippen LogP contribution >= 0.6 is 89.8 Å². The van der Waals surface area contributed by atoms with E-state index in [9.17, 15) is 71.8 Å². The summed E-state index contributed by atoms with van der Waals surface area (Å²) < 4.78 is 107. The third-order valence-electron chi connectivity index (χ3n) is 13.0. The van der Waals surface area contributed by atoms with Gasteiger partial charge in [0.2, 0.25) is 7.75 Å². The summed E-state index contributed by atoms with van der Waals surface area (Å²) in [6.45, 7) is 26.1. The van der Waals surface area contributed by atoms with Gasteiger partial charge in [-0.2, -0.15) is 4.86 Å². The van der Waals surface area contributed by atoms with Gasteiger partial charge in [-0.05, 0) is 24.9 Å². The van der Waals surface area contributed by atoms with E-state index in [2.05, 4.69) is 34.9 Å². The van der Waals surface area contributed by atoms with E-state index in [1.165, 1.54) is 26.2 Å². The molecule has 0 saturated carbocycles. The minimum absolute atomic E-state index is 0.0196. The topological polar surface area (TPSA) is 491 Å². The molecule has 2 saturated heterocycles. The maximum absolute atomic E-state index is 14.4. The zero-order valence-corrected chi connectivity index (χ0v) is 66.0. The van der Waals surface area contributed by atoms with Crippen LogP contribution < -0.4 is 37.1 Å². The Morgan fingerprint density at radius 1 is 0.505 bits per heavy atom. The molecule has 2 fully saturated rings. The molecular weight excluding hydrogens is 1480 g/mol. The van der Waals surface area contributed by atoms with Crippen molar-refractivity contribution >= 4 is 115 Å². The molecule has 44 heteroatoms. The number of hydrogen-bond donors (Lipinski definition) is 4. The molecule has 8 atom stereocenters. The van der Waals surface area contributed by atoms with E-state index >= 15 is 0 Å². The van der Waals surface area contributed by atoms with Crippen LogP contribution in [0.2, 0.25) is 0 Å². The second-order valence-electron chi connectivity index (χ2n) is 27.1. The molecule has 4 heterocycles. The van der Waals surface area contributed by atoms with Crippen molar-refractivity contribution in [2.45, 2.75) is 167 Å². The van der Waals surface area contributed by atoms with E-state index in [0.717, 1.165) is 67.9 Å². The minimum Gasteiger partial charge on any atom is -0.766 e. The number of nitrogens with one attached hydrogen (secondary N) is 4. The van der Waals surface area contributed by atoms with Crippen molar-refractivity contribution in [3.63, 3.8) is 0 Å². The molecule has 4 rings (SSSR count). The van der Waals surface area contributed by atoms with E-state index in [1.54, 1.807) is 109 Å². The van der Waals surface area contributed by atoms with Crippen molar-refractivity contribution in [3.8, 4) is 0 Å². The van der Waals surface area contributed by atoms with Crippen molar-refractivity contribution in [3.05, 3.63) is 86.1 Å². The predicted molar refractivity (Wildman–Crippen MR) is 378 cm³/mol. The Kier molecular flexibility index (Phi) is 35.4. The molecule has 0 radical (unpaired) electrons.